The quantitative estimate of drug-likeness (QED) is 0.228. The first-order chi connectivity index (χ1) is 19.8. The summed E-state index contributed by atoms with van der Waals surface area (Å²) < 4.78 is 81.8. The number of nitrogens with zero attached hydrogens (tertiary/aromatic N) is 4. The fourth-order valence-corrected chi connectivity index (χ4v) is 7.88. The molecular formula is C28H29F4N5O3S2. The number of aliphatic hydroxyl groups is 1. The first-order valence-corrected chi connectivity index (χ1v) is 15.4. The number of thiazole rings is 1. The minimum absolute atomic E-state index is 0.00770. The van der Waals surface area contributed by atoms with Gasteiger partial charge in [-0.05, 0) is 74.6 Å². The number of imidazole rings is 1. The molecule has 14 heteroatoms. The minimum atomic E-state index is -4.45. The normalized spacial score (nSPS) is 17.6. The summed E-state index contributed by atoms with van der Waals surface area (Å²) in [6.07, 6.45) is 0.800. The molecule has 224 valence electrons. The molecule has 0 saturated carbocycles. The number of halogens is 4. The first-order valence-electron chi connectivity index (χ1n) is 13.2. The lowest BCUT2D eigenvalue weighted by Gasteiger charge is -2.39. The number of nitrogens with one attached hydrogen (secondary N) is 1. The maximum absolute atomic E-state index is 13.4. The number of hydrogen-bond acceptors (Lipinski definition) is 7. The largest absolute Gasteiger partial charge is 0.416 e. The van der Waals surface area contributed by atoms with Gasteiger partial charge in [0.05, 0.1) is 36.0 Å². The third kappa shape index (κ3) is 6.07. The van der Waals surface area contributed by atoms with E-state index in [2.05, 4.69) is 15.3 Å². The zero-order chi connectivity index (χ0) is 30.3. The number of piperidine rings is 1. The van der Waals surface area contributed by atoms with Gasteiger partial charge in [-0.2, -0.15) is 17.5 Å². The molecule has 5 rings (SSSR count). The highest BCUT2D eigenvalue weighted by Crippen LogP contribution is 2.39. The Labute approximate surface area is 244 Å². The highest BCUT2D eigenvalue weighted by molar-refractivity contribution is 7.91. The number of hydrogen-bond donors (Lipinski definition) is 2. The van der Waals surface area contributed by atoms with Crippen molar-refractivity contribution in [3.8, 4) is 0 Å². The van der Waals surface area contributed by atoms with Crippen LogP contribution in [0.5, 0.6) is 0 Å². The van der Waals surface area contributed by atoms with Crippen molar-refractivity contribution in [2.75, 3.05) is 18.4 Å². The average Bonchev–Trinajstić information content (AvgIpc) is 3.64. The van der Waals surface area contributed by atoms with Crippen LogP contribution in [0, 0.1) is 11.7 Å². The summed E-state index contributed by atoms with van der Waals surface area (Å²) in [4.78, 5) is 8.35. The summed E-state index contributed by atoms with van der Waals surface area (Å²) >= 11 is 0.888. The van der Waals surface area contributed by atoms with Gasteiger partial charge in [0, 0.05) is 18.8 Å². The topological polar surface area (TPSA) is 100 Å². The second-order valence-electron chi connectivity index (χ2n) is 10.4. The van der Waals surface area contributed by atoms with Gasteiger partial charge in [-0.3, -0.25) is 0 Å². The fraction of sp³-hybridized carbons (Fsp3) is 0.357. The van der Waals surface area contributed by atoms with Crippen LogP contribution in [0.25, 0.3) is 0 Å². The van der Waals surface area contributed by atoms with Gasteiger partial charge in [0.2, 0.25) is 0 Å². The van der Waals surface area contributed by atoms with Crippen LogP contribution >= 0.6 is 11.3 Å². The van der Waals surface area contributed by atoms with E-state index in [1.165, 1.54) is 34.8 Å². The molecule has 1 aliphatic rings. The van der Waals surface area contributed by atoms with E-state index in [0.717, 1.165) is 29.0 Å². The van der Waals surface area contributed by atoms with Crippen LogP contribution in [0.4, 0.5) is 28.4 Å². The predicted octanol–water partition coefficient (Wildman–Crippen LogP) is 6.16. The van der Waals surface area contributed by atoms with Gasteiger partial charge in [0.1, 0.15) is 11.4 Å². The Balaban J connectivity index is 1.24. The van der Waals surface area contributed by atoms with E-state index in [4.69, 9.17) is 0 Å². The van der Waals surface area contributed by atoms with E-state index < -0.39 is 27.4 Å². The van der Waals surface area contributed by atoms with Gasteiger partial charge in [-0.25, -0.2) is 22.8 Å². The lowest BCUT2D eigenvalue weighted by molar-refractivity contribution is -0.137. The summed E-state index contributed by atoms with van der Waals surface area (Å²) in [5.41, 5.74) is -0.308. The molecule has 0 bridgehead atoms. The molecule has 8 nitrogen and oxygen atoms in total. The van der Waals surface area contributed by atoms with Crippen LogP contribution < -0.4 is 5.32 Å². The zero-order valence-electron chi connectivity index (χ0n) is 22.7. The second-order valence-corrected chi connectivity index (χ2v) is 13.6. The number of rotatable bonds is 8. The van der Waals surface area contributed by atoms with Crippen molar-refractivity contribution in [2.45, 2.75) is 48.7 Å². The van der Waals surface area contributed by atoms with Crippen molar-refractivity contribution in [1.29, 1.82) is 0 Å². The molecule has 0 spiro atoms. The molecule has 42 heavy (non-hydrogen) atoms. The molecule has 4 aromatic rings. The molecule has 3 heterocycles. The number of anilines is 2. The Bertz CT molecular complexity index is 1630. The Kier molecular flexibility index (Phi) is 8.18. The summed E-state index contributed by atoms with van der Waals surface area (Å²) in [5, 5.41) is 14.7. The Morgan fingerprint density at radius 1 is 1.05 bits per heavy atom. The second kappa shape index (κ2) is 11.4. The maximum Gasteiger partial charge on any atom is 0.416 e. The van der Waals surface area contributed by atoms with Crippen LogP contribution in [0.3, 0.4) is 0 Å². The van der Waals surface area contributed by atoms with Gasteiger partial charge in [-0.1, -0.05) is 23.5 Å². The van der Waals surface area contributed by atoms with Crippen molar-refractivity contribution in [3.63, 3.8) is 0 Å². The van der Waals surface area contributed by atoms with Crippen LogP contribution in [0.15, 0.2) is 71.5 Å². The van der Waals surface area contributed by atoms with Gasteiger partial charge in [0.15, 0.2) is 9.34 Å². The molecule has 2 aromatic carbocycles. The van der Waals surface area contributed by atoms with Crippen molar-refractivity contribution in [1.82, 2.24) is 18.8 Å². The Morgan fingerprint density at radius 3 is 2.31 bits per heavy atom. The highest BCUT2D eigenvalue weighted by Gasteiger charge is 2.41. The third-order valence-electron chi connectivity index (χ3n) is 7.75. The third-order valence-corrected chi connectivity index (χ3v) is 11.0. The number of alkyl halides is 3. The molecule has 2 N–H and O–H groups in total. The van der Waals surface area contributed by atoms with E-state index in [1.54, 1.807) is 31.6 Å². The smallest absolute Gasteiger partial charge is 0.384 e. The van der Waals surface area contributed by atoms with E-state index in [9.17, 15) is 31.1 Å². The summed E-state index contributed by atoms with van der Waals surface area (Å²) in [7, 11) is -3.87. The summed E-state index contributed by atoms with van der Waals surface area (Å²) in [5.74, 6) is -0.589. The number of sulfonamides is 1. The molecule has 1 unspecified atom stereocenters. The van der Waals surface area contributed by atoms with Crippen molar-refractivity contribution in [3.05, 3.63) is 89.9 Å². The molecule has 2 aromatic heterocycles. The highest BCUT2D eigenvalue weighted by atomic mass is 32.2. The molecule has 0 aliphatic carbocycles. The molecule has 0 radical (unpaired) electrons. The number of benzene rings is 2. The van der Waals surface area contributed by atoms with E-state index in [1.807, 2.05) is 11.5 Å². The van der Waals surface area contributed by atoms with Gasteiger partial charge >= 0.3 is 6.18 Å². The van der Waals surface area contributed by atoms with E-state index >= 15 is 0 Å². The lowest BCUT2D eigenvalue weighted by atomic mass is 9.80. The Morgan fingerprint density at radius 2 is 1.69 bits per heavy atom. The van der Waals surface area contributed by atoms with E-state index in [-0.39, 0.29) is 40.2 Å². The maximum atomic E-state index is 13.4. The van der Waals surface area contributed by atoms with Crippen LogP contribution in [0.2, 0.25) is 0 Å². The fourth-order valence-electron chi connectivity index (χ4n) is 5.20. The summed E-state index contributed by atoms with van der Waals surface area (Å²) in [6, 6.07) is 10.3. The molecular weight excluding hydrogens is 594 g/mol. The van der Waals surface area contributed by atoms with Crippen molar-refractivity contribution >= 4 is 32.2 Å². The number of aromatic nitrogens is 3. The van der Waals surface area contributed by atoms with Crippen molar-refractivity contribution < 1.29 is 31.1 Å². The molecule has 0 amide bonds. The lowest BCUT2D eigenvalue weighted by Crippen LogP contribution is -2.44. The minimum Gasteiger partial charge on any atom is -0.384 e. The van der Waals surface area contributed by atoms with Crippen molar-refractivity contribution in [2.24, 2.45) is 5.92 Å². The van der Waals surface area contributed by atoms with Crippen LogP contribution in [0.1, 0.15) is 49.6 Å². The van der Waals surface area contributed by atoms with Crippen LogP contribution in [-0.2, 0) is 21.8 Å². The SMILES string of the molecule is C[C@H](c1ccc(F)cc1)n1cncc1C(C)(O)C1CCN(S(=O)(=O)c2cnc(Nc3ccc(C(F)(F)F)cc3)s2)CC1. The summed E-state index contributed by atoms with van der Waals surface area (Å²) in [6.45, 7) is 4.00. The molecule has 1 saturated heterocycles. The molecule has 1 fully saturated rings. The standard InChI is InChI=1S/C28H29F4N5O3S2/c1-18(19-3-7-22(29)8-4-19)37-17-33-15-24(37)27(2,38)20-11-13-36(14-12-20)42(39,40)25-16-34-26(41-25)35-23-9-5-21(6-10-23)28(30,31)32/h3-10,15-18,20,38H,11-14H2,1-2H3,(H,34,35)/t18-,27?/m1/s1. The molecule has 1 aliphatic heterocycles. The predicted molar refractivity (Wildman–Crippen MR) is 150 cm³/mol. The Hall–Kier alpha value is -3.33. The average molecular weight is 624 g/mol. The van der Waals surface area contributed by atoms with Gasteiger partial charge < -0.3 is 15.0 Å². The van der Waals surface area contributed by atoms with Crippen LogP contribution in [-0.4, -0.2) is 45.5 Å². The molecule has 2 atom stereocenters. The zero-order valence-corrected chi connectivity index (χ0v) is 24.3. The van der Waals surface area contributed by atoms with E-state index in [0.29, 0.717) is 24.2 Å². The monoisotopic (exact) mass is 623 g/mol. The van der Waals surface area contributed by atoms with Gasteiger partial charge in [-0.15, -0.1) is 0 Å². The first kappa shape index (κ1) is 30.1. The van der Waals surface area contributed by atoms with Gasteiger partial charge in [0.25, 0.3) is 10.0 Å².